The number of nitrogens with one attached hydrogen (secondary N) is 1. The van der Waals surface area contributed by atoms with Gasteiger partial charge in [0.25, 0.3) is 0 Å². The number of benzene rings is 1. The Balaban J connectivity index is 3.29. The quantitative estimate of drug-likeness (QED) is 0.717. The van der Waals surface area contributed by atoms with Crippen molar-refractivity contribution in [2.45, 2.75) is 37.6 Å². The Kier molecular flexibility index (Phi) is 6.17. The van der Waals surface area contributed by atoms with Gasteiger partial charge in [0.05, 0.1) is 0 Å². The van der Waals surface area contributed by atoms with Crippen LogP contribution in [0.1, 0.15) is 20.3 Å². The summed E-state index contributed by atoms with van der Waals surface area (Å²) in [4.78, 5) is 9.71. The van der Waals surface area contributed by atoms with E-state index in [1.807, 2.05) is 0 Å². The van der Waals surface area contributed by atoms with E-state index in [0.29, 0.717) is 12.1 Å². The van der Waals surface area contributed by atoms with Crippen LogP contribution in [0.2, 0.25) is 0 Å². The minimum Gasteiger partial charge on any atom is -0.480 e. The molecule has 0 saturated carbocycles. The molecule has 0 aliphatic rings. The van der Waals surface area contributed by atoms with Gasteiger partial charge < -0.3 is 9.84 Å². The van der Waals surface area contributed by atoms with E-state index in [1.165, 1.54) is 0 Å². The fourth-order valence-corrected chi connectivity index (χ4v) is 3.26. The maximum atomic E-state index is 13.8. The van der Waals surface area contributed by atoms with Crippen LogP contribution in [0.25, 0.3) is 0 Å². The molecule has 0 spiro atoms. The lowest BCUT2D eigenvalue weighted by Crippen LogP contribution is -2.42. The van der Waals surface area contributed by atoms with Crippen molar-refractivity contribution in [3.8, 4) is 5.75 Å². The zero-order valence-electron chi connectivity index (χ0n) is 12.6. The lowest BCUT2D eigenvalue weighted by Gasteiger charge is -2.19. The van der Waals surface area contributed by atoms with Gasteiger partial charge in [-0.05, 0) is 24.5 Å². The number of carboxylic acid groups (broad SMARTS) is 1. The number of sulfonamides is 1. The van der Waals surface area contributed by atoms with Crippen molar-refractivity contribution in [3.63, 3.8) is 0 Å². The Bertz CT molecular complexity index is 703. The number of halogens is 4. The highest BCUT2D eigenvalue weighted by atomic mass is 32.2. The van der Waals surface area contributed by atoms with Crippen LogP contribution in [-0.4, -0.2) is 31.9 Å². The highest BCUT2D eigenvalue weighted by Crippen LogP contribution is 2.31. The third-order valence-corrected chi connectivity index (χ3v) is 4.26. The van der Waals surface area contributed by atoms with E-state index in [-0.39, 0.29) is 12.3 Å². The molecule has 24 heavy (non-hydrogen) atoms. The second-order valence-electron chi connectivity index (χ2n) is 5.26. The topological polar surface area (TPSA) is 92.7 Å². The van der Waals surface area contributed by atoms with Crippen molar-refractivity contribution in [2.75, 3.05) is 0 Å². The molecule has 0 fully saturated rings. The minimum absolute atomic E-state index is 0.140. The van der Waals surface area contributed by atoms with Crippen molar-refractivity contribution < 1.29 is 40.6 Å². The van der Waals surface area contributed by atoms with Crippen LogP contribution in [0.3, 0.4) is 0 Å². The Labute approximate surface area is 135 Å². The van der Waals surface area contributed by atoms with Crippen molar-refractivity contribution in [2.24, 2.45) is 5.92 Å². The van der Waals surface area contributed by atoms with Crippen molar-refractivity contribution >= 4 is 16.0 Å². The molecular formula is C13H15F4NO5S. The first-order valence-electron chi connectivity index (χ1n) is 6.63. The van der Waals surface area contributed by atoms with Crippen molar-refractivity contribution in [1.29, 1.82) is 0 Å². The summed E-state index contributed by atoms with van der Waals surface area (Å²) in [6, 6.07) is 0.436. The molecule has 0 aromatic heterocycles. The second-order valence-corrected chi connectivity index (χ2v) is 6.91. The Hall–Kier alpha value is -1.88. The number of hydrogen-bond donors (Lipinski definition) is 2. The molecule has 1 aromatic rings. The number of hydrogen-bond acceptors (Lipinski definition) is 4. The smallest absolute Gasteiger partial charge is 0.480 e. The number of ether oxygens (including phenoxy) is 1. The predicted octanol–water partition coefficient (Wildman–Crippen LogP) is 2.50. The summed E-state index contributed by atoms with van der Waals surface area (Å²) < 4.78 is 80.5. The van der Waals surface area contributed by atoms with E-state index in [1.54, 1.807) is 18.6 Å². The molecular weight excluding hydrogens is 358 g/mol. The van der Waals surface area contributed by atoms with E-state index in [2.05, 4.69) is 4.74 Å². The molecule has 0 radical (unpaired) electrons. The summed E-state index contributed by atoms with van der Waals surface area (Å²) in [5.74, 6) is -4.57. The average molecular weight is 373 g/mol. The van der Waals surface area contributed by atoms with Crippen LogP contribution in [0, 0.1) is 11.7 Å². The van der Waals surface area contributed by atoms with Gasteiger partial charge in [0.15, 0.2) is 10.6 Å². The molecule has 0 amide bonds. The molecule has 0 heterocycles. The van der Waals surface area contributed by atoms with E-state index in [4.69, 9.17) is 5.11 Å². The molecule has 1 rings (SSSR count). The molecule has 1 atom stereocenters. The fourth-order valence-electron chi connectivity index (χ4n) is 1.87. The Morgan fingerprint density at radius 2 is 1.92 bits per heavy atom. The first kappa shape index (κ1) is 20.2. The minimum atomic E-state index is -5.25. The third kappa shape index (κ3) is 5.64. The molecule has 11 heteroatoms. The standard InChI is InChI=1S/C13H15F4NO5S/c1-7(2)6-9(12(19)20)18-24(21,22)11-8(14)4-3-5-10(11)23-13(15,16)17/h3-5,7,9,18H,6H2,1-2H3,(H,19,20)/t9-/m1/s1. The van der Waals surface area contributed by atoms with Crippen LogP contribution >= 0.6 is 0 Å². The molecule has 0 saturated heterocycles. The van der Waals surface area contributed by atoms with Crippen LogP contribution < -0.4 is 9.46 Å². The van der Waals surface area contributed by atoms with Gasteiger partial charge in [-0.25, -0.2) is 12.8 Å². The average Bonchev–Trinajstić information content (AvgIpc) is 2.34. The van der Waals surface area contributed by atoms with Crippen molar-refractivity contribution in [3.05, 3.63) is 24.0 Å². The van der Waals surface area contributed by atoms with Gasteiger partial charge in [-0.15, -0.1) is 13.2 Å². The highest BCUT2D eigenvalue weighted by molar-refractivity contribution is 7.89. The predicted molar refractivity (Wildman–Crippen MR) is 74.3 cm³/mol. The molecule has 136 valence electrons. The zero-order chi connectivity index (χ0) is 18.7. The summed E-state index contributed by atoms with van der Waals surface area (Å²) >= 11 is 0. The molecule has 0 aliphatic carbocycles. The van der Waals surface area contributed by atoms with Gasteiger partial charge in [0, 0.05) is 0 Å². The maximum absolute atomic E-state index is 13.8. The number of carbonyl (C=O) groups is 1. The van der Waals surface area contributed by atoms with E-state index in [0.717, 1.165) is 6.07 Å². The van der Waals surface area contributed by atoms with Gasteiger partial charge in [-0.2, -0.15) is 4.72 Å². The number of alkyl halides is 3. The third-order valence-electron chi connectivity index (χ3n) is 2.73. The summed E-state index contributed by atoms with van der Waals surface area (Å²) in [6.07, 6.45) is -5.39. The molecule has 2 N–H and O–H groups in total. The Morgan fingerprint density at radius 3 is 2.38 bits per heavy atom. The molecule has 0 bridgehead atoms. The maximum Gasteiger partial charge on any atom is 0.573 e. The molecule has 6 nitrogen and oxygen atoms in total. The number of aliphatic carboxylic acids is 1. The fraction of sp³-hybridized carbons (Fsp3) is 0.462. The van der Waals surface area contributed by atoms with E-state index < -0.39 is 44.9 Å². The Morgan fingerprint density at radius 1 is 1.33 bits per heavy atom. The summed E-state index contributed by atoms with van der Waals surface area (Å²) in [6.45, 7) is 3.23. The first-order chi connectivity index (χ1) is 10.8. The highest BCUT2D eigenvalue weighted by Gasteiger charge is 2.36. The SMILES string of the molecule is CC(C)C[C@@H](NS(=O)(=O)c1c(F)cccc1OC(F)(F)F)C(=O)O. The lowest BCUT2D eigenvalue weighted by molar-refractivity contribution is -0.275. The normalized spacial score (nSPS) is 13.8. The van der Waals surface area contributed by atoms with Gasteiger partial charge in [0.1, 0.15) is 11.9 Å². The molecule has 1 aromatic carbocycles. The largest absolute Gasteiger partial charge is 0.573 e. The van der Waals surface area contributed by atoms with Crippen LogP contribution in [0.4, 0.5) is 17.6 Å². The van der Waals surface area contributed by atoms with Crippen LogP contribution in [0.5, 0.6) is 5.75 Å². The summed E-state index contributed by atoms with van der Waals surface area (Å²) in [5.41, 5.74) is 0. The van der Waals surface area contributed by atoms with Crippen LogP contribution in [0.15, 0.2) is 23.1 Å². The summed E-state index contributed by atoms with van der Waals surface area (Å²) in [7, 11) is -4.91. The lowest BCUT2D eigenvalue weighted by atomic mass is 10.1. The van der Waals surface area contributed by atoms with E-state index in [9.17, 15) is 30.8 Å². The van der Waals surface area contributed by atoms with Crippen molar-refractivity contribution in [1.82, 2.24) is 4.72 Å². The van der Waals surface area contributed by atoms with Gasteiger partial charge in [-0.3, -0.25) is 4.79 Å². The van der Waals surface area contributed by atoms with Gasteiger partial charge >= 0.3 is 12.3 Å². The van der Waals surface area contributed by atoms with Gasteiger partial charge in [0.2, 0.25) is 10.0 Å². The monoisotopic (exact) mass is 373 g/mol. The first-order valence-corrected chi connectivity index (χ1v) is 8.11. The summed E-state index contributed by atoms with van der Waals surface area (Å²) in [5, 5.41) is 9.03. The molecule has 0 aliphatic heterocycles. The zero-order valence-corrected chi connectivity index (χ0v) is 13.4. The molecule has 0 unspecified atom stereocenters. The number of carboxylic acids is 1. The van der Waals surface area contributed by atoms with Crippen LogP contribution in [-0.2, 0) is 14.8 Å². The number of rotatable bonds is 7. The second kappa shape index (κ2) is 7.34. The van der Waals surface area contributed by atoms with Gasteiger partial charge in [-0.1, -0.05) is 19.9 Å². The van der Waals surface area contributed by atoms with E-state index >= 15 is 0 Å².